The lowest BCUT2D eigenvalue weighted by atomic mass is 10.3. The van der Waals surface area contributed by atoms with E-state index in [9.17, 15) is 0 Å². The Balaban J connectivity index is 1.31. The van der Waals surface area contributed by atoms with Crippen LogP contribution in [0.25, 0.3) is 0 Å². The van der Waals surface area contributed by atoms with Gasteiger partial charge in [-0.05, 0) is 0 Å². The van der Waals surface area contributed by atoms with Gasteiger partial charge in [-0.3, -0.25) is 14.7 Å². The minimum Gasteiger partial charge on any atom is -0.350 e. The molecule has 4 aliphatic rings. The van der Waals surface area contributed by atoms with Crippen LogP contribution in [0, 0.1) is 0 Å². The van der Waals surface area contributed by atoms with E-state index in [2.05, 4.69) is 19.6 Å². The molecule has 4 aliphatic heterocycles. The number of ether oxygens (including phenoxy) is 2. The van der Waals surface area contributed by atoms with Crippen LogP contribution in [0.15, 0.2) is 0 Å². The Morgan fingerprint density at radius 3 is 1.75 bits per heavy atom. The Hall–Kier alpha value is -0.240. The van der Waals surface area contributed by atoms with Crippen LogP contribution in [0.2, 0.25) is 0 Å². The summed E-state index contributed by atoms with van der Waals surface area (Å²) in [5.74, 6) is 0. The molecule has 114 valence electrons. The first-order valence-electron chi connectivity index (χ1n) is 8.08. The van der Waals surface area contributed by atoms with Gasteiger partial charge in [0.15, 0.2) is 6.29 Å². The molecular weight excluding hydrogens is 256 g/mol. The zero-order chi connectivity index (χ0) is 13.4. The summed E-state index contributed by atoms with van der Waals surface area (Å²) in [5.41, 5.74) is 0. The van der Waals surface area contributed by atoms with Crippen LogP contribution in [0.1, 0.15) is 6.42 Å². The van der Waals surface area contributed by atoms with Gasteiger partial charge in [-0.2, -0.15) is 0 Å². The molecule has 4 fully saturated rings. The molecule has 0 amide bonds. The van der Waals surface area contributed by atoms with E-state index in [1.54, 1.807) is 0 Å². The molecule has 20 heavy (non-hydrogen) atoms. The molecule has 6 nitrogen and oxygen atoms in total. The van der Waals surface area contributed by atoms with Crippen molar-refractivity contribution in [2.24, 2.45) is 0 Å². The van der Waals surface area contributed by atoms with Crippen LogP contribution in [-0.2, 0) is 9.47 Å². The summed E-state index contributed by atoms with van der Waals surface area (Å²) in [6, 6.07) is 0. The molecule has 0 spiro atoms. The minimum absolute atomic E-state index is 0.0438. The van der Waals surface area contributed by atoms with Crippen molar-refractivity contribution in [3.05, 3.63) is 0 Å². The summed E-state index contributed by atoms with van der Waals surface area (Å²) in [4.78, 5) is 10.5. The molecule has 6 heteroatoms. The molecule has 0 aromatic heterocycles. The van der Waals surface area contributed by atoms with E-state index in [4.69, 9.17) is 9.47 Å². The van der Waals surface area contributed by atoms with Crippen LogP contribution in [-0.4, -0.2) is 104 Å². The molecule has 0 aliphatic carbocycles. The highest BCUT2D eigenvalue weighted by Crippen LogP contribution is 2.24. The normalized spacial score (nSPS) is 31.8. The molecular formula is C14H26N4O2. The van der Waals surface area contributed by atoms with Crippen LogP contribution in [0.3, 0.4) is 0 Å². The molecule has 0 unspecified atom stereocenters. The summed E-state index contributed by atoms with van der Waals surface area (Å²) >= 11 is 0. The summed E-state index contributed by atoms with van der Waals surface area (Å²) < 4.78 is 11.1. The Morgan fingerprint density at radius 2 is 1.20 bits per heavy atom. The highest BCUT2D eigenvalue weighted by molar-refractivity contribution is 4.90. The fourth-order valence-electron chi connectivity index (χ4n) is 3.97. The van der Waals surface area contributed by atoms with Crippen molar-refractivity contribution in [1.82, 2.24) is 19.6 Å². The Morgan fingerprint density at radius 1 is 0.700 bits per heavy atom. The second kappa shape index (κ2) is 5.87. The van der Waals surface area contributed by atoms with Crippen molar-refractivity contribution in [1.29, 1.82) is 0 Å². The Labute approximate surface area is 121 Å². The number of hydrogen-bond donors (Lipinski definition) is 0. The van der Waals surface area contributed by atoms with E-state index in [-0.39, 0.29) is 6.29 Å². The van der Waals surface area contributed by atoms with Gasteiger partial charge in [0.1, 0.15) is 6.29 Å². The van der Waals surface area contributed by atoms with Gasteiger partial charge in [0, 0.05) is 65.3 Å². The van der Waals surface area contributed by atoms with Crippen molar-refractivity contribution in [3.8, 4) is 0 Å². The first-order chi connectivity index (χ1) is 9.90. The average molecular weight is 282 g/mol. The van der Waals surface area contributed by atoms with Gasteiger partial charge in [-0.25, -0.2) is 0 Å². The van der Waals surface area contributed by atoms with Crippen LogP contribution in [0.4, 0.5) is 0 Å². The molecule has 0 aromatic rings. The predicted molar refractivity (Wildman–Crippen MR) is 75.3 cm³/mol. The fraction of sp³-hybridized carbons (Fsp3) is 1.00. The summed E-state index contributed by atoms with van der Waals surface area (Å²) in [5, 5.41) is 0. The van der Waals surface area contributed by atoms with E-state index in [1.165, 1.54) is 52.4 Å². The second-order valence-electron chi connectivity index (χ2n) is 6.26. The van der Waals surface area contributed by atoms with Crippen molar-refractivity contribution < 1.29 is 9.47 Å². The molecule has 0 aromatic carbocycles. The Bertz CT molecular complexity index is 317. The highest BCUT2D eigenvalue weighted by atomic mass is 16.7. The maximum Gasteiger partial charge on any atom is 0.159 e. The molecule has 4 heterocycles. The third-order valence-electron chi connectivity index (χ3n) is 5.11. The van der Waals surface area contributed by atoms with Gasteiger partial charge >= 0.3 is 0 Å². The molecule has 0 bridgehead atoms. The van der Waals surface area contributed by atoms with E-state index in [0.29, 0.717) is 6.29 Å². The summed E-state index contributed by atoms with van der Waals surface area (Å²) in [6.07, 6.45) is 1.66. The number of hydrogen-bond acceptors (Lipinski definition) is 6. The minimum atomic E-state index is 0.0438. The molecule has 0 saturated carbocycles. The van der Waals surface area contributed by atoms with Gasteiger partial charge < -0.3 is 14.4 Å². The van der Waals surface area contributed by atoms with Crippen LogP contribution < -0.4 is 0 Å². The monoisotopic (exact) mass is 282 g/mol. The topological polar surface area (TPSA) is 31.4 Å². The van der Waals surface area contributed by atoms with Crippen molar-refractivity contribution >= 4 is 0 Å². The van der Waals surface area contributed by atoms with Crippen molar-refractivity contribution in [3.63, 3.8) is 0 Å². The molecule has 4 saturated heterocycles. The maximum atomic E-state index is 5.54. The summed E-state index contributed by atoms with van der Waals surface area (Å²) in [6.45, 7) is 12.4. The first kappa shape index (κ1) is 13.4. The highest BCUT2D eigenvalue weighted by Gasteiger charge is 2.41. The predicted octanol–water partition coefficient (Wildman–Crippen LogP) is -0.718. The lowest BCUT2D eigenvalue weighted by Crippen LogP contribution is -2.52. The van der Waals surface area contributed by atoms with Gasteiger partial charge in [0.05, 0.1) is 13.2 Å². The third-order valence-corrected chi connectivity index (χ3v) is 5.11. The lowest BCUT2D eigenvalue weighted by Gasteiger charge is -2.37. The third kappa shape index (κ3) is 2.61. The molecule has 0 N–H and O–H groups in total. The van der Waals surface area contributed by atoms with Crippen LogP contribution in [0.5, 0.6) is 0 Å². The summed E-state index contributed by atoms with van der Waals surface area (Å²) in [7, 11) is 0. The zero-order valence-electron chi connectivity index (χ0n) is 12.2. The van der Waals surface area contributed by atoms with Crippen molar-refractivity contribution in [2.45, 2.75) is 19.0 Å². The quantitative estimate of drug-likeness (QED) is 0.679. The SMILES string of the molecule is C1COC(CCN2CCN3CCN4CCN(CC2)C34)O1. The average Bonchev–Trinajstić information content (AvgIpc) is 3.13. The lowest BCUT2D eigenvalue weighted by molar-refractivity contribution is -0.0544. The fourth-order valence-corrected chi connectivity index (χ4v) is 3.97. The van der Waals surface area contributed by atoms with Gasteiger partial charge in [0.2, 0.25) is 0 Å². The first-order valence-corrected chi connectivity index (χ1v) is 8.08. The second-order valence-corrected chi connectivity index (χ2v) is 6.26. The number of rotatable bonds is 3. The Kier molecular flexibility index (Phi) is 3.94. The van der Waals surface area contributed by atoms with Crippen molar-refractivity contribution in [2.75, 3.05) is 72.1 Å². The van der Waals surface area contributed by atoms with E-state index in [0.717, 1.165) is 26.2 Å². The smallest absolute Gasteiger partial charge is 0.159 e. The van der Waals surface area contributed by atoms with Gasteiger partial charge in [0.25, 0.3) is 0 Å². The molecule has 0 radical (unpaired) electrons. The van der Waals surface area contributed by atoms with E-state index < -0.39 is 0 Å². The molecule has 0 atom stereocenters. The zero-order valence-corrected chi connectivity index (χ0v) is 12.2. The molecule has 4 rings (SSSR count). The standard InChI is InChI=1S/C14H26N4O2/c1(13-19-11-12-20-13)2-15-3-5-16-7-9-18-10-8-17(6-4-15)14(16)18/h13-14H,1-12H2. The van der Waals surface area contributed by atoms with Gasteiger partial charge in [-0.15, -0.1) is 0 Å². The largest absolute Gasteiger partial charge is 0.350 e. The van der Waals surface area contributed by atoms with E-state index >= 15 is 0 Å². The maximum absolute atomic E-state index is 5.54. The van der Waals surface area contributed by atoms with Gasteiger partial charge in [-0.1, -0.05) is 0 Å². The number of nitrogens with zero attached hydrogens (tertiary/aromatic N) is 4. The van der Waals surface area contributed by atoms with Crippen LogP contribution >= 0.6 is 0 Å². The van der Waals surface area contributed by atoms with E-state index in [1.807, 2.05) is 0 Å².